The van der Waals surface area contributed by atoms with E-state index in [0.717, 1.165) is 24.1 Å². The molecule has 0 aliphatic carbocycles. The Morgan fingerprint density at radius 1 is 1.05 bits per heavy atom. The van der Waals surface area contributed by atoms with Gasteiger partial charge in [0, 0.05) is 30.8 Å². The Balaban J connectivity index is 1.96. The zero-order valence-electron chi connectivity index (χ0n) is 11.1. The van der Waals surface area contributed by atoms with Gasteiger partial charge in [-0.25, -0.2) is 4.98 Å². The standard InChI is InChI=1S/C16H16BrN3/c17-9-11-19(13-14-5-2-1-3-6-14)16-8-4-7-15-18-10-12-20(15)16/h1-8,10,12H,9,11,13H2. The van der Waals surface area contributed by atoms with Crippen molar-refractivity contribution in [1.29, 1.82) is 0 Å². The number of hydrogen-bond acceptors (Lipinski definition) is 2. The maximum absolute atomic E-state index is 4.35. The summed E-state index contributed by atoms with van der Waals surface area (Å²) in [4.78, 5) is 6.71. The Morgan fingerprint density at radius 2 is 1.90 bits per heavy atom. The second kappa shape index (κ2) is 6.09. The van der Waals surface area contributed by atoms with Crippen LogP contribution < -0.4 is 4.90 Å². The second-order valence-corrected chi connectivity index (χ2v) is 5.43. The zero-order chi connectivity index (χ0) is 13.8. The molecule has 0 N–H and O–H groups in total. The van der Waals surface area contributed by atoms with Gasteiger partial charge in [0.05, 0.1) is 0 Å². The molecule has 0 fully saturated rings. The molecule has 3 aromatic rings. The average molecular weight is 330 g/mol. The number of alkyl halides is 1. The number of benzene rings is 1. The predicted molar refractivity (Wildman–Crippen MR) is 86.5 cm³/mol. The number of imidazole rings is 1. The average Bonchev–Trinajstić information content (AvgIpc) is 2.96. The molecule has 3 rings (SSSR count). The Hall–Kier alpha value is -1.81. The lowest BCUT2D eigenvalue weighted by Crippen LogP contribution is -2.26. The number of nitrogens with zero attached hydrogens (tertiary/aromatic N) is 3. The van der Waals surface area contributed by atoms with Gasteiger partial charge in [0.25, 0.3) is 0 Å². The lowest BCUT2D eigenvalue weighted by atomic mass is 10.2. The van der Waals surface area contributed by atoms with E-state index in [1.54, 1.807) is 0 Å². The molecule has 3 nitrogen and oxygen atoms in total. The van der Waals surface area contributed by atoms with E-state index in [-0.39, 0.29) is 0 Å². The van der Waals surface area contributed by atoms with Gasteiger partial charge in [-0.2, -0.15) is 0 Å². The zero-order valence-corrected chi connectivity index (χ0v) is 12.7. The molecule has 20 heavy (non-hydrogen) atoms. The van der Waals surface area contributed by atoms with Crippen LogP contribution in [-0.4, -0.2) is 21.3 Å². The van der Waals surface area contributed by atoms with Crippen molar-refractivity contribution in [3.05, 3.63) is 66.5 Å². The van der Waals surface area contributed by atoms with E-state index in [2.05, 4.69) is 72.7 Å². The number of fused-ring (bicyclic) bond motifs is 1. The van der Waals surface area contributed by atoms with Gasteiger partial charge < -0.3 is 4.90 Å². The molecule has 2 aromatic heterocycles. The molecule has 0 atom stereocenters. The molecule has 0 saturated heterocycles. The largest absolute Gasteiger partial charge is 0.353 e. The Labute approximate surface area is 127 Å². The van der Waals surface area contributed by atoms with Crippen LogP contribution in [0, 0.1) is 0 Å². The van der Waals surface area contributed by atoms with E-state index in [1.807, 2.05) is 18.5 Å². The topological polar surface area (TPSA) is 20.5 Å². The normalized spacial score (nSPS) is 10.8. The van der Waals surface area contributed by atoms with Gasteiger partial charge in [0.1, 0.15) is 11.5 Å². The lowest BCUT2D eigenvalue weighted by Gasteiger charge is -2.25. The quantitative estimate of drug-likeness (QED) is 0.665. The molecule has 0 aliphatic heterocycles. The van der Waals surface area contributed by atoms with E-state index < -0.39 is 0 Å². The van der Waals surface area contributed by atoms with Crippen molar-refractivity contribution >= 4 is 27.4 Å². The first-order valence-corrected chi connectivity index (χ1v) is 7.77. The third-order valence-corrected chi connectivity index (χ3v) is 3.66. The van der Waals surface area contributed by atoms with Gasteiger partial charge in [-0.15, -0.1) is 0 Å². The van der Waals surface area contributed by atoms with Gasteiger partial charge in [0.15, 0.2) is 0 Å². The van der Waals surface area contributed by atoms with Gasteiger partial charge in [-0.3, -0.25) is 4.40 Å². The van der Waals surface area contributed by atoms with E-state index >= 15 is 0 Å². The monoisotopic (exact) mass is 329 g/mol. The smallest absolute Gasteiger partial charge is 0.138 e. The molecule has 0 bridgehead atoms. The van der Waals surface area contributed by atoms with Crippen LogP contribution >= 0.6 is 15.9 Å². The maximum atomic E-state index is 4.35. The van der Waals surface area contributed by atoms with Gasteiger partial charge in [-0.1, -0.05) is 52.3 Å². The number of hydrogen-bond donors (Lipinski definition) is 0. The summed E-state index contributed by atoms with van der Waals surface area (Å²) in [6.45, 7) is 1.84. The molecule has 0 aliphatic rings. The van der Waals surface area contributed by atoms with Crippen molar-refractivity contribution in [2.24, 2.45) is 0 Å². The molecular weight excluding hydrogens is 314 g/mol. The second-order valence-electron chi connectivity index (χ2n) is 4.64. The predicted octanol–water partition coefficient (Wildman–Crippen LogP) is 3.74. The molecule has 4 heteroatoms. The highest BCUT2D eigenvalue weighted by atomic mass is 79.9. The fourth-order valence-electron chi connectivity index (χ4n) is 2.37. The summed E-state index contributed by atoms with van der Waals surface area (Å²) in [7, 11) is 0. The van der Waals surface area contributed by atoms with Crippen LogP contribution in [0.15, 0.2) is 60.9 Å². The summed E-state index contributed by atoms with van der Waals surface area (Å²) in [6.07, 6.45) is 3.85. The molecule has 102 valence electrons. The molecule has 2 heterocycles. The number of aromatic nitrogens is 2. The molecule has 0 saturated carbocycles. The van der Waals surface area contributed by atoms with Crippen LogP contribution in [0.3, 0.4) is 0 Å². The molecule has 1 aromatic carbocycles. The molecule has 0 radical (unpaired) electrons. The van der Waals surface area contributed by atoms with E-state index in [1.165, 1.54) is 11.4 Å². The van der Waals surface area contributed by atoms with Gasteiger partial charge in [-0.05, 0) is 17.7 Å². The summed E-state index contributed by atoms with van der Waals surface area (Å²) in [5.41, 5.74) is 2.29. The van der Waals surface area contributed by atoms with Crippen molar-refractivity contribution in [2.45, 2.75) is 6.54 Å². The summed E-state index contributed by atoms with van der Waals surface area (Å²) < 4.78 is 2.13. The van der Waals surface area contributed by atoms with Crippen LogP contribution in [0.1, 0.15) is 5.56 Å². The van der Waals surface area contributed by atoms with E-state index in [9.17, 15) is 0 Å². The third kappa shape index (κ3) is 2.70. The minimum absolute atomic E-state index is 0.893. The fraction of sp³-hybridized carbons (Fsp3) is 0.188. The van der Waals surface area contributed by atoms with Crippen molar-refractivity contribution in [1.82, 2.24) is 9.38 Å². The summed E-state index contributed by atoms with van der Waals surface area (Å²) in [5.74, 6) is 1.17. The highest BCUT2D eigenvalue weighted by Crippen LogP contribution is 2.19. The third-order valence-electron chi connectivity index (χ3n) is 3.30. The van der Waals surface area contributed by atoms with E-state index in [0.29, 0.717) is 0 Å². The highest BCUT2D eigenvalue weighted by Gasteiger charge is 2.10. The van der Waals surface area contributed by atoms with Crippen LogP contribution in [0.2, 0.25) is 0 Å². The van der Waals surface area contributed by atoms with Gasteiger partial charge >= 0.3 is 0 Å². The summed E-state index contributed by atoms with van der Waals surface area (Å²) >= 11 is 3.55. The highest BCUT2D eigenvalue weighted by molar-refractivity contribution is 9.09. The first kappa shape index (κ1) is 13.2. The Morgan fingerprint density at radius 3 is 2.70 bits per heavy atom. The number of rotatable bonds is 5. The minimum Gasteiger partial charge on any atom is -0.353 e. The summed E-state index contributed by atoms with van der Waals surface area (Å²) in [5, 5.41) is 0.935. The van der Waals surface area contributed by atoms with Crippen LogP contribution in [0.5, 0.6) is 0 Å². The van der Waals surface area contributed by atoms with Crippen LogP contribution in [0.4, 0.5) is 5.82 Å². The molecule has 0 unspecified atom stereocenters. The molecular formula is C16H16BrN3. The van der Waals surface area contributed by atoms with Crippen LogP contribution in [-0.2, 0) is 6.54 Å². The lowest BCUT2D eigenvalue weighted by molar-refractivity contribution is 0.811. The summed E-state index contributed by atoms with van der Waals surface area (Å²) in [6, 6.07) is 16.8. The minimum atomic E-state index is 0.893. The van der Waals surface area contributed by atoms with Crippen molar-refractivity contribution in [3.63, 3.8) is 0 Å². The number of anilines is 1. The first-order valence-electron chi connectivity index (χ1n) is 6.65. The molecule has 0 amide bonds. The Bertz CT molecular complexity index is 678. The van der Waals surface area contributed by atoms with E-state index in [4.69, 9.17) is 0 Å². The van der Waals surface area contributed by atoms with Crippen molar-refractivity contribution in [3.8, 4) is 0 Å². The van der Waals surface area contributed by atoms with Gasteiger partial charge in [0.2, 0.25) is 0 Å². The van der Waals surface area contributed by atoms with Crippen LogP contribution in [0.25, 0.3) is 5.65 Å². The number of halogens is 1. The fourth-order valence-corrected chi connectivity index (χ4v) is 2.80. The molecule has 0 spiro atoms. The SMILES string of the molecule is BrCCN(Cc1ccccc1)c1cccc2nccn12. The van der Waals surface area contributed by atoms with Crippen molar-refractivity contribution in [2.75, 3.05) is 16.8 Å². The number of pyridine rings is 1. The Kier molecular flexibility index (Phi) is 4.02. The van der Waals surface area contributed by atoms with Crippen molar-refractivity contribution < 1.29 is 0 Å². The maximum Gasteiger partial charge on any atom is 0.138 e. The first-order chi connectivity index (χ1) is 9.88.